The molecule has 2 aliphatic heterocycles. The van der Waals surface area contributed by atoms with Crippen molar-refractivity contribution in [3.63, 3.8) is 0 Å². The Morgan fingerprint density at radius 1 is 1.03 bits per heavy atom. The number of para-hydroxylation sites is 1. The largest absolute Gasteiger partial charge is 0.350 e. The first kappa shape index (κ1) is 20.3. The summed E-state index contributed by atoms with van der Waals surface area (Å²) in [4.78, 5) is 15.4. The van der Waals surface area contributed by atoms with Crippen molar-refractivity contribution < 1.29 is 14.3 Å². The van der Waals surface area contributed by atoms with Crippen LogP contribution < -0.4 is 0 Å². The van der Waals surface area contributed by atoms with Gasteiger partial charge in [0.05, 0.1) is 13.2 Å². The van der Waals surface area contributed by atoms with Gasteiger partial charge in [-0.05, 0) is 24.1 Å². The molecular formula is C26H30N2O3. The Bertz CT molecular complexity index is 1070. The SMILES string of the molecule is Cc1ccc(C(CC(=O)N2CCC3(CC2)OCCO3)c2cn(C)c3ccccc23)cc1. The highest BCUT2D eigenvalue weighted by atomic mass is 16.7. The number of aryl methyl sites for hydroxylation is 2. The number of piperidine rings is 1. The van der Waals surface area contributed by atoms with E-state index < -0.39 is 5.79 Å². The number of aromatic nitrogens is 1. The summed E-state index contributed by atoms with van der Waals surface area (Å²) < 4.78 is 13.8. The topological polar surface area (TPSA) is 43.7 Å². The minimum Gasteiger partial charge on any atom is -0.350 e. The zero-order valence-corrected chi connectivity index (χ0v) is 18.3. The number of rotatable bonds is 4. The van der Waals surface area contributed by atoms with E-state index in [1.165, 1.54) is 27.6 Å². The fourth-order valence-corrected chi connectivity index (χ4v) is 5.04. The number of carbonyl (C=O) groups excluding carboxylic acids is 1. The Kier molecular flexibility index (Phi) is 5.32. The molecule has 3 aromatic rings. The summed E-state index contributed by atoms with van der Waals surface area (Å²) in [6, 6.07) is 17.0. The van der Waals surface area contributed by atoms with E-state index in [0.717, 1.165) is 12.8 Å². The number of nitrogens with zero attached hydrogens (tertiary/aromatic N) is 2. The Morgan fingerprint density at radius 2 is 1.71 bits per heavy atom. The van der Waals surface area contributed by atoms with Crippen molar-refractivity contribution in [1.29, 1.82) is 0 Å². The van der Waals surface area contributed by atoms with Crippen LogP contribution in [0.1, 0.15) is 41.9 Å². The smallest absolute Gasteiger partial charge is 0.223 e. The van der Waals surface area contributed by atoms with E-state index in [2.05, 4.69) is 73.3 Å². The van der Waals surface area contributed by atoms with E-state index in [1.807, 2.05) is 4.90 Å². The molecule has 162 valence electrons. The number of hydrogen-bond donors (Lipinski definition) is 0. The number of fused-ring (bicyclic) bond motifs is 1. The van der Waals surface area contributed by atoms with Gasteiger partial charge < -0.3 is 18.9 Å². The molecule has 5 rings (SSSR count). The molecule has 31 heavy (non-hydrogen) atoms. The Labute approximate surface area is 183 Å². The molecule has 2 saturated heterocycles. The summed E-state index contributed by atoms with van der Waals surface area (Å²) in [5.41, 5.74) is 4.82. The molecule has 3 heterocycles. The molecule has 1 unspecified atom stereocenters. The van der Waals surface area contributed by atoms with Gasteiger partial charge in [-0.1, -0.05) is 48.0 Å². The van der Waals surface area contributed by atoms with E-state index in [9.17, 15) is 4.79 Å². The van der Waals surface area contributed by atoms with Gasteiger partial charge in [-0.3, -0.25) is 4.79 Å². The number of carbonyl (C=O) groups is 1. The molecule has 0 radical (unpaired) electrons. The standard InChI is InChI=1S/C26H30N2O3/c1-19-7-9-20(10-8-19)22(23-18-27(2)24-6-4-3-5-21(23)24)17-25(29)28-13-11-26(12-14-28)30-15-16-31-26/h3-10,18,22H,11-17H2,1-2H3. The van der Waals surface area contributed by atoms with Crippen molar-refractivity contribution in [3.05, 3.63) is 71.4 Å². The predicted octanol–water partition coefficient (Wildman–Crippen LogP) is 4.37. The lowest BCUT2D eigenvalue weighted by molar-refractivity contribution is -0.187. The molecule has 2 aliphatic rings. The van der Waals surface area contributed by atoms with Gasteiger partial charge in [0.25, 0.3) is 0 Å². The first-order valence-corrected chi connectivity index (χ1v) is 11.2. The van der Waals surface area contributed by atoms with Crippen molar-refractivity contribution >= 4 is 16.8 Å². The predicted molar refractivity (Wildman–Crippen MR) is 121 cm³/mol. The van der Waals surface area contributed by atoms with Crippen LogP contribution in [0.15, 0.2) is 54.7 Å². The van der Waals surface area contributed by atoms with Gasteiger partial charge in [0.1, 0.15) is 0 Å². The maximum Gasteiger partial charge on any atom is 0.223 e. The van der Waals surface area contributed by atoms with Crippen molar-refractivity contribution in [1.82, 2.24) is 9.47 Å². The van der Waals surface area contributed by atoms with Gasteiger partial charge in [-0.15, -0.1) is 0 Å². The Hall–Kier alpha value is -2.63. The summed E-state index contributed by atoms with van der Waals surface area (Å²) in [6.07, 6.45) is 4.16. The van der Waals surface area contributed by atoms with Gasteiger partial charge in [-0.25, -0.2) is 0 Å². The summed E-state index contributed by atoms with van der Waals surface area (Å²) in [5, 5.41) is 1.22. The third-order valence-electron chi connectivity index (χ3n) is 6.85. The molecular weight excluding hydrogens is 388 g/mol. The van der Waals surface area contributed by atoms with Crippen molar-refractivity contribution in [2.45, 2.75) is 37.9 Å². The molecule has 1 atom stereocenters. The maximum atomic E-state index is 13.4. The van der Waals surface area contributed by atoms with Crippen LogP contribution in [0.2, 0.25) is 0 Å². The molecule has 5 heteroatoms. The third-order valence-corrected chi connectivity index (χ3v) is 6.85. The minimum atomic E-state index is -0.456. The Balaban J connectivity index is 1.42. The molecule has 0 N–H and O–H groups in total. The third kappa shape index (κ3) is 3.88. The van der Waals surface area contributed by atoms with Crippen LogP contribution in [0.25, 0.3) is 10.9 Å². The van der Waals surface area contributed by atoms with Gasteiger partial charge in [-0.2, -0.15) is 0 Å². The molecule has 0 saturated carbocycles. The normalized spacial score (nSPS) is 19.2. The second-order valence-corrected chi connectivity index (χ2v) is 8.87. The van der Waals surface area contributed by atoms with Gasteiger partial charge in [0.2, 0.25) is 5.91 Å². The van der Waals surface area contributed by atoms with Crippen molar-refractivity contribution in [2.24, 2.45) is 7.05 Å². The Morgan fingerprint density at radius 3 is 2.42 bits per heavy atom. The fraction of sp³-hybridized carbons (Fsp3) is 0.423. The fourth-order valence-electron chi connectivity index (χ4n) is 5.04. The van der Waals surface area contributed by atoms with E-state index in [4.69, 9.17) is 9.47 Å². The van der Waals surface area contributed by atoms with Crippen molar-refractivity contribution in [3.8, 4) is 0 Å². The quantitative estimate of drug-likeness (QED) is 0.632. The number of ether oxygens (including phenoxy) is 2. The molecule has 1 spiro atoms. The van der Waals surface area contributed by atoms with Crippen LogP contribution in [0.3, 0.4) is 0 Å². The molecule has 0 bridgehead atoms. The first-order chi connectivity index (χ1) is 15.0. The van der Waals surface area contributed by atoms with Crippen molar-refractivity contribution in [2.75, 3.05) is 26.3 Å². The van der Waals surface area contributed by atoms with Crippen LogP contribution in [-0.2, 0) is 21.3 Å². The molecule has 2 aromatic carbocycles. The maximum absolute atomic E-state index is 13.4. The minimum absolute atomic E-state index is 0.0223. The number of hydrogen-bond acceptors (Lipinski definition) is 3. The highest BCUT2D eigenvalue weighted by Crippen LogP contribution is 2.36. The molecule has 1 amide bonds. The van der Waals surface area contributed by atoms with E-state index in [0.29, 0.717) is 32.7 Å². The lowest BCUT2D eigenvalue weighted by Crippen LogP contribution is -2.47. The number of likely N-dealkylation sites (tertiary alicyclic amines) is 1. The molecule has 2 fully saturated rings. The monoisotopic (exact) mass is 418 g/mol. The molecule has 5 nitrogen and oxygen atoms in total. The van der Waals surface area contributed by atoms with Crippen LogP contribution >= 0.6 is 0 Å². The zero-order chi connectivity index (χ0) is 21.4. The zero-order valence-electron chi connectivity index (χ0n) is 18.3. The summed E-state index contributed by atoms with van der Waals surface area (Å²) in [6.45, 7) is 4.79. The summed E-state index contributed by atoms with van der Waals surface area (Å²) in [5.74, 6) is -0.233. The number of benzene rings is 2. The summed E-state index contributed by atoms with van der Waals surface area (Å²) in [7, 11) is 2.07. The van der Waals surface area contributed by atoms with E-state index in [-0.39, 0.29) is 11.8 Å². The van der Waals surface area contributed by atoms with Gasteiger partial charge in [0.15, 0.2) is 5.79 Å². The average molecular weight is 419 g/mol. The average Bonchev–Trinajstić information content (AvgIpc) is 3.38. The van der Waals surface area contributed by atoms with Crippen LogP contribution in [0.4, 0.5) is 0 Å². The molecule has 0 aliphatic carbocycles. The lowest BCUT2D eigenvalue weighted by atomic mass is 9.87. The summed E-state index contributed by atoms with van der Waals surface area (Å²) >= 11 is 0. The highest BCUT2D eigenvalue weighted by molar-refractivity contribution is 5.86. The van der Waals surface area contributed by atoms with Crippen LogP contribution in [0.5, 0.6) is 0 Å². The van der Waals surface area contributed by atoms with Crippen LogP contribution in [-0.4, -0.2) is 47.5 Å². The second kappa shape index (κ2) is 8.13. The van der Waals surface area contributed by atoms with Gasteiger partial charge >= 0.3 is 0 Å². The second-order valence-electron chi connectivity index (χ2n) is 8.87. The van der Waals surface area contributed by atoms with E-state index >= 15 is 0 Å². The number of amides is 1. The lowest BCUT2D eigenvalue weighted by Gasteiger charge is -2.38. The first-order valence-electron chi connectivity index (χ1n) is 11.2. The molecule has 1 aromatic heterocycles. The van der Waals surface area contributed by atoms with Crippen LogP contribution in [0, 0.1) is 6.92 Å². The van der Waals surface area contributed by atoms with E-state index in [1.54, 1.807) is 0 Å². The highest BCUT2D eigenvalue weighted by Gasteiger charge is 2.41. The van der Waals surface area contributed by atoms with Gasteiger partial charge in [0, 0.05) is 62.4 Å².